The van der Waals surface area contributed by atoms with Gasteiger partial charge in [-0.3, -0.25) is 9.88 Å². The maximum atomic E-state index is 11.7. The summed E-state index contributed by atoms with van der Waals surface area (Å²) in [5, 5.41) is 18.7. The predicted molar refractivity (Wildman–Crippen MR) is 84.9 cm³/mol. The molecule has 0 aliphatic carbocycles. The number of aromatic nitrogens is 1. The molecular formula is C13H17BrN2O5S. The molecule has 2 N–H and O–H groups in total. The second-order valence-electron chi connectivity index (χ2n) is 5.13. The van der Waals surface area contributed by atoms with E-state index in [0.717, 1.165) is 0 Å². The van der Waals surface area contributed by atoms with Crippen molar-refractivity contribution in [3.63, 3.8) is 0 Å². The van der Waals surface area contributed by atoms with Crippen molar-refractivity contribution in [3.05, 3.63) is 22.4 Å². The van der Waals surface area contributed by atoms with Gasteiger partial charge >= 0.3 is 6.09 Å². The molecule has 22 heavy (non-hydrogen) atoms. The third-order valence-electron chi connectivity index (χ3n) is 3.62. The second-order valence-corrected chi connectivity index (χ2v) is 8.35. The van der Waals surface area contributed by atoms with Gasteiger partial charge in [0.15, 0.2) is 0 Å². The summed E-state index contributed by atoms with van der Waals surface area (Å²) in [5.41, 5.74) is 0.863. The highest BCUT2D eigenvalue weighted by molar-refractivity contribution is 9.10. The lowest BCUT2D eigenvalue weighted by molar-refractivity contribution is 0.198. The molecule has 0 bridgehead atoms. The second kappa shape index (κ2) is 6.93. The lowest BCUT2D eigenvalue weighted by atomic mass is 10.1. The molecular weight excluding hydrogens is 376 g/mol. The summed E-state index contributed by atoms with van der Waals surface area (Å²) in [5.74, 6) is -0.0313. The Kier molecular flexibility index (Phi) is 5.41. The first kappa shape index (κ1) is 17.2. The van der Waals surface area contributed by atoms with Crippen molar-refractivity contribution < 1.29 is 23.4 Å². The zero-order valence-electron chi connectivity index (χ0n) is 11.8. The maximum absolute atomic E-state index is 11.7. The van der Waals surface area contributed by atoms with Crippen molar-refractivity contribution in [1.82, 2.24) is 4.98 Å². The van der Waals surface area contributed by atoms with Crippen LogP contribution in [0.4, 0.5) is 10.5 Å². The van der Waals surface area contributed by atoms with Crippen LogP contribution in [0.5, 0.6) is 0 Å². The smallest absolute Gasteiger partial charge is 0.412 e. The molecule has 0 aromatic carbocycles. The van der Waals surface area contributed by atoms with Gasteiger partial charge in [-0.2, -0.15) is 0 Å². The average molecular weight is 393 g/mol. The van der Waals surface area contributed by atoms with Crippen LogP contribution in [0.25, 0.3) is 0 Å². The minimum atomic E-state index is -3.07. The van der Waals surface area contributed by atoms with E-state index < -0.39 is 22.0 Å². The van der Waals surface area contributed by atoms with Crippen LogP contribution in [0.2, 0.25) is 0 Å². The number of halogens is 1. The van der Waals surface area contributed by atoms with Crippen molar-refractivity contribution >= 4 is 37.5 Å². The van der Waals surface area contributed by atoms with Crippen LogP contribution in [0.1, 0.15) is 18.5 Å². The summed E-state index contributed by atoms with van der Waals surface area (Å²) in [6.45, 7) is -0.145. The number of rotatable bonds is 4. The molecule has 0 radical (unpaired) electrons. The predicted octanol–water partition coefficient (Wildman–Crippen LogP) is 1.44. The summed E-state index contributed by atoms with van der Waals surface area (Å²) < 4.78 is 23.7. The average Bonchev–Trinajstić information content (AvgIpc) is 2.43. The number of aliphatic hydroxyl groups excluding tert-OH is 1. The Balaban J connectivity index is 2.36. The molecule has 7 nitrogen and oxygen atoms in total. The SMILES string of the molecule is O=C(O)N(c1cc(Br)cnc1CCO)C1CCS(=O)(=O)CC1. The fourth-order valence-corrected chi connectivity index (χ4v) is 4.34. The van der Waals surface area contributed by atoms with Crippen molar-refractivity contribution in [2.45, 2.75) is 25.3 Å². The van der Waals surface area contributed by atoms with Gasteiger partial charge in [0, 0.05) is 29.7 Å². The van der Waals surface area contributed by atoms with Crippen LogP contribution in [0, 0.1) is 0 Å². The third kappa shape index (κ3) is 3.96. The summed E-state index contributed by atoms with van der Waals surface area (Å²) >= 11 is 3.27. The Hall–Kier alpha value is -1.19. The number of sulfone groups is 1. The molecule has 1 aromatic rings. The Labute approximate surface area is 137 Å². The standard InChI is InChI=1S/C13H17BrN2O5S/c14-9-7-12(11(1-4-17)15-8-9)16(13(18)19)10-2-5-22(20,21)6-3-10/h7-8,10,17H,1-6H2,(H,18,19). The fraction of sp³-hybridized carbons (Fsp3) is 0.538. The number of aliphatic hydroxyl groups is 1. The summed E-state index contributed by atoms with van der Waals surface area (Å²) in [6, 6.07) is 1.23. The van der Waals surface area contributed by atoms with Gasteiger partial charge in [-0.1, -0.05) is 0 Å². The molecule has 122 valence electrons. The molecule has 1 fully saturated rings. The molecule has 0 saturated carbocycles. The maximum Gasteiger partial charge on any atom is 0.412 e. The first-order valence-electron chi connectivity index (χ1n) is 6.82. The van der Waals surface area contributed by atoms with Crippen molar-refractivity contribution in [3.8, 4) is 0 Å². The fourth-order valence-electron chi connectivity index (χ4n) is 2.56. The van der Waals surface area contributed by atoms with Crippen LogP contribution >= 0.6 is 15.9 Å². The molecule has 1 aliphatic heterocycles. The van der Waals surface area contributed by atoms with Crippen molar-refractivity contribution in [2.24, 2.45) is 0 Å². The third-order valence-corrected chi connectivity index (χ3v) is 5.77. The number of anilines is 1. The Morgan fingerprint density at radius 3 is 2.59 bits per heavy atom. The van der Waals surface area contributed by atoms with Crippen LogP contribution in [0.15, 0.2) is 16.7 Å². The van der Waals surface area contributed by atoms with E-state index in [4.69, 9.17) is 5.11 Å². The number of carboxylic acid groups (broad SMARTS) is 1. The van der Waals surface area contributed by atoms with E-state index in [1.807, 2.05) is 0 Å². The molecule has 2 heterocycles. The topological polar surface area (TPSA) is 108 Å². The Bertz CT molecular complexity index is 650. The van der Waals surface area contributed by atoms with Gasteiger partial charge in [0.1, 0.15) is 9.84 Å². The first-order valence-corrected chi connectivity index (χ1v) is 9.43. The number of nitrogens with zero attached hydrogens (tertiary/aromatic N) is 2. The first-order chi connectivity index (χ1) is 10.3. The Morgan fingerprint density at radius 2 is 2.05 bits per heavy atom. The van der Waals surface area contributed by atoms with E-state index in [-0.39, 0.29) is 37.4 Å². The molecule has 2 rings (SSSR count). The van der Waals surface area contributed by atoms with Gasteiger partial charge < -0.3 is 10.2 Å². The van der Waals surface area contributed by atoms with E-state index in [1.165, 1.54) is 4.90 Å². The summed E-state index contributed by atoms with van der Waals surface area (Å²) in [4.78, 5) is 17.0. The largest absolute Gasteiger partial charge is 0.465 e. The van der Waals surface area contributed by atoms with E-state index >= 15 is 0 Å². The number of pyridine rings is 1. The zero-order chi connectivity index (χ0) is 16.3. The summed E-state index contributed by atoms with van der Waals surface area (Å²) in [7, 11) is -3.07. The monoisotopic (exact) mass is 392 g/mol. The Morgan fingerprint density at radius 1 is 1.41 bits per heavy atom. The van der Waals surface area contributed by atoms with Crippen LogP contribution in [-0.4, -0.2) is 53.9 Å². The quantitative estimate of drug-likeness (QED) is 0.802. The molecule has 1 aromatic heterocycles. The number of hydrogen-bond acceptors (Lipinski definition) is 5. The summed E-state index contributed by atoms with van der Waals surface area (Å²) in [6.07, 6.45) is 1.15. The molecule has 1 saturated heterocycles. The normalized spacial score (nSPS) is 18.1. The highest BCUT2D eigenvalue weighted by Gasteiger charge is 2.33. The van der Waals surface area contributed by atoms with Crippen molar-refractivity contribution in [1.29, 1.82) is 0 Å². The van der Waals surface area contributed by atoms with Crippen LogP contribution < -0.4 is 4.90 Å². The highest BCUT2D eigenvalue weighted by atomic mass is 79.9. The molecule has 9 heteroatoms. The van der Waals surface area contributed by atoms with E-state index in [9.17, 15) is 18.3 Å². The zero-order valence-corrected chi connectivity index (χ0v) is 14.2. The molecule has 1 aliphatic rings. The molecule has 0 spiro atoms. The minimum Gasteiger partial charge on any atom is -0.465 e. The van der Waals surface area contributed by atoms with Gasteiger partial charge in [-0.25, -0.2) is 13.2 Å². The van der Waals surface area contributed by atoms with Gasteiger partial charge in [0.05, 0.1) is 22.9 Å². The molecule has 0 unspecified atom stereocenters. The van der Waals surface area contributed by atoms with E-state index in [0.29, 0.717) is 15.9 Å². The van der Waals surface area contributed by atoms with Gasteiger partial charge in [0.2, 0.25) is 0 Å². The van der Waals surface area contributed by atoms with Gasteiger partial charge in [0.25, 0.3) is 0 Å². The lowest BCUT2D eigenvalue weighted by Crippen LogP contribution is -2.45. The van der Waals surface area contributed by atoms with E-state index in [1.54, 1.807) is 12.3 Å². The molecule has 1 amide bonds. The number of hydrogen-bond donors (Lipinski definition) is 2. The van der Waals surface area contributed by atoms with Gasteiger partial charge in [-0.15, -0.1) is 0 Å². The van der Waals surface area contributed by atoms with E-state index in [2.05, 4.69) is 20.9 Å². The minimum absolute atomic E-state index is 0.0157. The highest BCUT2D eigenvalue weighted by Crippen LogP contribution is 2.29. The van der Waals surface area contributed by atoms with Crippen LogP contribution in [0.3, 0.4) is 0 Å². The number of carbonyl (C=O) groups is 1. The van der Waals surface area contributed by atoms with Crippen molar-refractivity contribution in [2.75, 3.05) is 23.0 Å². The molecule has 0 atom stereocenters. The number of amides is 1. The van der Waals surface area contributed by atoms with Gasteiger partial charge in [-0.05, 0) is 34.8 Å². The lowest BCUT2D eigenvalue weighted by Gasteiger charge is -2.33. The van der Waals surface area contributed by atoms with Crippen LogP contribution in [-0.2, 0) is 16.3 Å².